The van der Waals surface area contributed by atoms with Crippen molar-refractivity contribution < 1.29 is 4.79 Å². The van der Waals surface area contributed by atoms with E-state index < -0.39 is 0 Å². The summed E-state index contributed by atoms with van der Waals surface area (Å²) in [6, 6.07) is 10.3. The van der Waals surface area contributed by atoms with Crippen LogP contribution in [0.1, 0.15) is 22.1 Å². The van der Waals surface area contributed by atoms with Crippen LogP contribution in [0, 0.1) is 0 Å². The number of rotatable bonds is 2. The van der Waals surface area contributed by atoms with Crippen molar-refractivity contribution >= 4 is 27.3 Å². The quantitative estimate of drug-likeness (QED) is 0.730. The topological polar surface area (TPSA) is 51.0 Å². The largest absolute Gasteiger partial charge is 0.336 e. The summed E-state index contributed by atoms with van der Waals surface area (Å²) in [5.74, 6) is 0.117. The Kier molecular flexibility index (Phi) is 2.96. The molecule has 1 aromatic carbocycles. The minimum atomic E-state index is 0.117. The summed E-state index contributed by atoms with van der Waals surface area (Å²) in [6.45, 7) is 1.45. The van der Waals surface area contributed by atoms with E-state index in [4.69, 9.17) is 0 Å². The average molecular weight is 298 g/mol. The van der Waals surface area contributed by atoms with Gasteiger partial charge in [-0.1, -0.05) is 18.2 Å². The third-order valence-corrected chi connectivity index (χ3v) is 4.95. The molecule has 1 aliphatic heterocycles. The van der Waals surface area contributed by atoms with Crippen LogP contribution in [-0.4, -0.2) is 38.9 Å². The van der Waals surface area contributed by atoms with Gasteiger partial charge in [0.05, 0.1) is 23.3 Å². The fraction of sp³-hybridized carbons (Fsp3) is 0.267. The smallest absolute Gasteiger partial charge is 0.264 e. The fourth-order valence-electron chi connectivity index (χ4n) is 2.77. The summed E-state index contributed by atoms with van der Waals surface area (Å²) in [7, 11) is 0. The van der Waals surface area contributed by atoms with Crippen molar-refractivity contribution in [1.29, 1.82) is 0 Å². The number of hydrogen-bond acceptors (Lipinski definition) is 4. The summed E-state index contributed by atoms with van der Waals surface area (Å²) in [6.07, 6.45) is 4.26. The second-order valence-electron chi connectivity index (χ2n) is 5.19. The summed E-state index contributed by atoms with van der Waals surface area (Å²) in [4.78, 5) is 17.0. The van der Waals surface area contributed by atoms with Gasteiger partial charge in [0.2, 0.25) is 0 Å². The van der Waals surface area contributed by atoms with Gasteiger partial charge in [-0.05, 0) is 23.9 Å². The highest BCUT2D eigenvalue weighted by Crippen LogP contribution is 2.28. The highest BCUT2D eigenvalue weighted by molar-refractivity contribution is 7.20. The van der Waals surface area contributed by atoms with Crippen molar-refractivity contribution in [1.82, 2.24) is 19.9 Å². The van der Waals surface area contributed by atoms with Crippen molar-refractivity contribution in [3.05, 3.63) is 47.6 Å². The lowest BCUT2D eigenvalue weighted by Gasteiger charge is -2.15. The average Bonchev–Trinajstić information content (AvgIpc) is 3.24. The first-order chi connectivity index (χ1) is 10.3. The van der Waals surface area contributed by atoms with Crippen LogP contribution in [0.25, 0.3) is 10.1 Å². The monoisotopic (exact) mass is 298 g/mol. The number of hydrogen-bond donors (Lipinski definition) is 0. The molecule has 3 heterocycles. The summed E-state index contributed by atoms with van der Waals surface area (Å²) < 4.78 is 1.16. The molecule has 4 rings (SSSR count). The van der Waals surface area contributed by atoms with Crippen LogP contribution < -0.4 is 0 Å². The maximum absolute atomic E-state index is 12.6. The molecular formula is C15H14N4OS. The van der Waals surface area contributed by atoms with Crippen molar-refractivity contribution in [3.63, 3.8) is 0 Å². The van der Waals surface area contributed by atoms with Crippen LogP contribution in [0.4, 0.5) is 0 Å². The van der Waals surface area contributed by atoms with Gasteiger partial charge >= 0.3 is 0 Å². The van der Waals surface area contributed by atoms with E-state index in [1.54, 1.807) is 28.5 Å². The lowest BCUT2D eigenvalue weighted by molar-refractivity contribution is 0.0791. The summed E-state index contributed by atoms with van der Waals surface area (Å²) in [5, 5.41) is 9.47. The first-order valence-electron chi connectivity index (χ1n) is 6.95. The van der Waals surface area contributed by atoms with Crippen LogP contribution >= 0.6 is 11.3 Å². The molecule has 2 aromatic heterocycles. The summed E-state index contributed by atoms with van der Waals surface area (Å²) in [5.41, 5.74) is 0. The maximum atomic E-state index is 12.6. The SMILES string of the molecule is O=C(c1cc2ccccc2s1)N1CC[C@H](n2nccn2)C1. The van der Waals surface area contributed by atoms with Crippen molar-refractivity contribution in [2.45, 2.75) is 12.5 Å². The Labute approximate surface area is 125 Å². The lowest BCUT2D eigenvalue weighted by atomic mass is 10.2. The fourth-order valence-corrected chi connectivity index (χ4v) is 3.80. The number of amides is 1. The molecule has 0 saturated carbocycles. The number of carbonyl (C=O) groups is 1. The first kappa shape index (κ1) is 12.5. The Morgan fingerprint density at radius 1 is 1.24 bits per heavy atom. The number of nitrogens with zero attached hydrogens (tertiary/aromatic N) is 4. The zero-order valence-corrected chi connectivity index (χ0v) is 12.2. The zero-order chi connectivity index (χ0) is 14.2. The van der Waals surface area contributed by atoms with Gasteiger partial charge in [0.1, 0.15) is 0 Å². The van der Waals surface area contributed by atoms with Crippen molar-refractivity contribution in [2.75, 3.05) is 13.1 Å². The molecule has 1 atom stereocenters. The van der Waals surface area contributed by atoms with E-state index in [2.05, 4.69) is 16.3 Å². The van der Waals surface area contributed by atoms with Crippen LogP contribution in [0.5, 0.6) is 0 Å². The molecule has 0 N–H and O–H groups in total. The second-order valence-corrected chi connectivity index (χ2v) is 6.28. The number of likely N-dealkylation sites (tertiary alicyclic amines) is 1. The van der Waals surface area contributed by atoms with E-state index in [1.807, 2.05) is 29.2 Å². The van der Waals surface area contributed by atoms with Crippen LogP contribution in [0.2, 0.25) is 0 Å². The minimum Gasteiger partial charge on any atom is -0.336 e. The molecule has 0 unspecified atom stereocenters. The number of thiophene rings is 1. The molecule has 21 heavy (non-hydrogen) atoms. The normalized spacial score (nSPS) is 18.5. The van der Waals surface area contributed by atoms with E-state index in [-0.39, 0.29) is 11.9 Å². The van der Waals surface area contributed by atoms with Crippen molar-refractivity contribution in [2.24, 2.45) is 0 Å². The lowest BCUT2D eigenvalue weighted by Crippen LogP contribution is -2.28. The molecule has 0 bridgehead atoms. The number of carbonyl (C=O) groups excluding carboxylic acids is 1. The molecule has 1 amide bonds. The molecule has 3 aromatic rings. The molecule has 0 spiro atoms. The zero-order valence-electron chi connectivity index (χ0n) is 11.3. The maximum Gasteiger partial charge on any atom is 0.264 e. The minimum absolute atomic E-state index is 0.117. The Hall–Kier alpha value is -2.21. The predicted molar refractivity (Wildman–Crippen MR) is 81.4 cm³/mol. The number of fused-ring (bicyclic) bond motifs is 1. The van der Waals surface area contributed by atoms with Gasteiger partial charge in [0, 0.05) is 17.8 Å². The van der Waals surface area contributed by atoms with Gasteiger partial charge in [-0.2, -0.15) is 15.0 Å². The molecule has 0 radical (unpaired) electrons. The molecule has 106 valence electrons. The van der Waals surface area contributed by atoms with Crippen LogP contribution in [0.15, 0.2) is 42.7 Å². The third-order valence-electron chi connectivity index (χ3n) is 3.85. The van der Waals surface area contributed by atoms with Gasteiger partial charge in [0.25, 0.3) is 5.91 Å². The number of benzene rings is 1. The highest BCUT2D eigenvalue weighted by Gasteiger charge is 2.29. The van der Waals surface area contributed by atoms with Gasteiger partial charge < -0.3 is 4.90 Å². The van der Waals surface area contributed by atoms with Gasteiger partial charge in [-0.25, -0.2) is 0 Å². The van der Waals surface area contributed by atoms with E-state index in [0.717, 1.165) is 27.9 Å². The molecule has 0 aliphatic carbocycles. The Morgan fingerprint density at radius 3 is 2.86 bits per heavy atom. The standard InChI is InChI=1S/C15H14N4OS/c20-15(14-9-11-3-1-2-4-13(11)21-14)18-8-5-12(10-18)19-16-6-7-17-19/h1-4,6-7,9,12H,5,8,10H2/t12-/m0/s1. The first-order valence-corrected chi connectivity index (χ1v) is 7.76. The van der Waals surface area contributed by atoms with Gasteiger partial charge in [0.15, 0.2) is 0 Å². The van der Waals surface area contributed by atoms with Crippen molar-refractivity contribution in [3.8, 4) is 0 Å². The highest BCUT2D eigenvalue weighted by atomic mass is 32.1. The predicted octanol–water partition coefficient (Wildman–Crippen LogP) is 2.58. The Bertz CT molecular complexity index is 747. The third kappa shape index (κ3) is 2.21. The van der Waals surface area contributed by atoms with Crippen LogP contribution in [0.3, 0.4) is 0 Å². The molecular weight excluding hydrogens is 284 g/mol. The van der Waals surface area contributed by atoms with E-state index >= 15 is 0 Å². The van der Waals surface area contributed by atoms with E-state index in [1.165, 1.54) is 0 Å². The molecule has 1 fully saturated rings. The molecule has 1 aliphatic rings. The second kappa shape index (κ2) is 4.96. The van der Waals surface area contributed by atoms with Gasteiger partial charge in [-0.15, -0.1) is 11.3 Å². The van der Waals surface area contributed by atoms with Gasteiger partial charge in [-0.3, -0.25) is 4.79 Å². The van der Waals surface area contributed by atoms with Crippen LogP contribution in [-0.2, 0) is 0 Å². The Morgan fingerprint density at radius 2 is 2.05 bits per heavy atom. The molecule has 6 heteroatoms. The van der Waals surface area contributed by atoms with E-state index in [9.17, 15) is 4.79 Å². The van der Waals surface area contributed by atoms with E-state index in [0.29, 0.717) is 6.54 Å². The molecule has 1 saturated heterocycles. The summed E-state index contributed by atoms with van der Waals surface area (Å²) >= 11 is 1.56. The molecule has 5 nitrogen and oxygen atoms in total. The number of aromatic nitrogens is 3. The Balaban J connectivity index is 1.55.